The zero-order chi connectivity index (χ0) is 15.2. The molecule has 2 rings (SSSR count). The highest BCUT2D eigenvalue weighted by Crippen LogP contribution is 2.30. The van der Waals surface area contributed by atoms with Crippen LogP contribution in [-0.2, 0) is 4.79 Å². The Morgan fingerprint density at radius 1 is 1.27 bits per heavy atom. The number of ether oxygens (including phenoxy) is 2. The molecule has 0 saturated carbocycles. The summed E-state index contributed by atoms with van der Waals surface area (Å²) in [5, 5.41) is 5.89. The number of benzene rings is 1. The lowest BCUT2D eigenvalue weighted by Gasteiger charge is -2.20. The number of amides is 1. The van der Waals surface area contributed by atoms with Crippen LogP contribution in [0.2, 0.25) is 0 Å². The van der Waals surface area contributed by atoms with Gasteiger partial charge in [0.1, 0.15) is 11.5 Å². The summed E-state index contributed by atoms with van der Waals surface area (Å²) in [5.74, 6) is 1.58. The molecule has 1 saturated heterocycles. The summed E-state index contributed by atoms with van der Waals surface area (Å²) >= 11 is 0. The van der Waals surface area contributed by atoms with E-state index in [4.69, 9.17) is 9.47 Å². The Hall–Kier alpha value is -1.66. The summed E-state index contributed by atoms with van der Waals surface area (Å²) in [4.78, 5) is 13.8. The molecular formula is C15H24ClN3O3. The Kier molecular flexibility index (Phi) is 7.27. The summed E-state index contributed by atoms with van der Waals surface area (Å²) < 4.78 is 10.6. The van der Waals surface area contributed by atoms with Crippen molar-refractivity contribution in [3.8, 4) is 11.5 Å². The molecular weight excluding hydrogens is 306 g/mol. The normalized spacial score (nSPS) is 16.9. The number of hydrogen-bond donors (Lipinski definition) is 2. The fraction of sp³-hybridized carbons (Fsp3) is 0.533. The highest BCUT2D eigenvalue weighted by Gasteiger charge is 2.24. The van der Waals surface area contributed by atoms with Crippen molar-refractivity contribution < 1.29 is 14.3 Å². The standard InChI is InChI=1S/C15H23N3O3.ClH/c1-16-9-15(19)17-11-4-5-18(10-11)12-6-13(20-2)8-14(7-12)21-3;/h6-8,11,16H,4-5,9-10H2,1-3H3,(H,17,19);1H. The smallest absolute Gasteiger partial charge is 0.234 e. The minimum Gasteiger partial charge on any atom is -0.497 e. The maximum atomic E-state index is 11.6. The minimum absolute atomic E-state index is 0. The van der Waals surface area contributed by atoms with Gasteiger partial charge in [0, 0.05) is 43.0 Å². The molecule has 7 heteroatoms. The first kappa shape index (κ1) is 18.4. The van der Waals surface area contributed by atoms with E-state index in [2.05, 4.69) is 15.5 Å². The van der Waals surface area contributed by atoms with Crippen molar-refractivity contribution in [2.75, 3.05) is 45.8 Å². The summed E-state index contributed by atoms with van der Waals surface area (Å²) in [5.41, 5.74) is 1.05. The summed E-state index contributed by atoms with van der Waals surface area (Å²) in [6.45, 7) is 2.05. The molecule has 1 amide bonds. The van der Waals surface area contributed by atoms with Crippen LogP contribution in [0.15, 0.2) is 18.2 Å². The third-order valence-electron chi connectivity index (χ3n) is 3.59. The highest BCUT2D eigenvalue weighted by molar-refractivity contribution is 5.85. The lowest BCUT2D eigenvalue weighted by molar-refractivity contribution is -0.120. The number of rotatable bonds is 6. The molecule has 2 N–H and O–H groups in total. The molecule has 1 aromatic carbocycles. The van der Waals surface area contributed by atoms with Crippen molar-refractivity contribution in [1.29, 1.82) is 0 Å². The number of nitrogens with one attached hydrogen (secondary N) is 2. The fourth-order valence-electron chi connectivity index (χ4n) is 2.53. The van der Waals surface area contributed by atoms with Crippen LogP contribution in [0.5, 0.6) is 11.5 Å². The number of likely N-dealkylation sites (N-methyl/N-ethyl adjacent to an activating group) is 1. The molecule has 1 aliphatic rings. The van der Waals surface area contributed by atoms with Gasteiger partial charge in [-0.2, -0.15) is 0 Å². The number of methoxy groups -OCH3 is 2. The molecule has 1 aromatic rings. The van der Waals surface area contributed by atoms with Gasteiger partial charge in [0.25, 0.3) is 0 Å². The lowest BCUT2D eigenvalue weighted by atomic mass is 10.2. The molecule has 0 spiro atoms. The average Bonchev–Trinajstić information content (AvgIpc) is 2.95. The first-order chi connectivity index (χ1) is 10.2. The number of carbonyl (C=O) groups is 1. The van der Waals surface area contributed by atoms with Gasteiger partial charge in [0.2, 0.25) is 5.91 Å². The van der Waals surface area contributed by atoms with Gasteiger partial charge in [-0.1, -0.05) is 0 Å². The van der Waals surface area contributed by atoms with Crippen LogP contribution < -0.4 is 25.0 Å². The van der Waals surface area contributed by atoms with Crippen molar-refractivity contribution in [1.82, 2.24) is 10.6 Å². The van der Waals surface area contributed by atoms with Gasteiger partial charge >= 0.3 is 0 Å². The van der Waals surface area contributed by atoms with Crippen molar-refractivity contribution >= 4 is 24.0 Å². The van der Waals surface area contributed by atoms with E-state index in [0.29, 0.717) is 6.54 Å². The van der Waals surface area contributed by atoms with Gasteiger partial charge < -0.3 is 25.0 Å². The lowest BCUT2D eigenvalue weighted by Crippen LogP contribution is -2.41. The third-order valence-corrected chi connectivity index (χ3v) is 3.59. The van der Waals surface area contributed by atoms with Crippen molar-refractivity contribution in [3.63, 3.8) is 0 Å². The Balaban J connectivity index is 0.00000242. The Labute approximate surface area is 137 Å². The first-order valence-corrected chi connectivity index (χ1v) is 7.08. The predicted molar refractivity (Wildman–Crippen MR) is 89.5 cm³/mol. The number of carbonyl (C=O) groups excluding carboxylic acids is 1. The van der Waals surface area contributed by atoms with Gasteiger partial charge in [-0.15, -0.1) is 12.4 Å². The van der Waals surface area contributed by atoms with Crippen LogP contribution in [0, 0.1) is 0 Å². The van der Waals surface area contributed by atoms with E-state index in [0.717, 1.165) is 36.7 Å². The second kappa shape index (κ2) is 8.70. The predicted octanol–water partition coefficient (Wildman–Crippen LogP) is 1.04. The van der Waals surface area contributed by atoms with Crippen LogP contribution in [0.25, 0.3) is 0 Å². The van der Waals surface area contributed by atoms with E-state index in [-0.39, 0.29) is 24.4 Å². The topological polar surface area (TPSA) is 62.8 Å². The number of anilines is 1. The van der Waals surface area contributed by atoms with E-state index in [1.54, 1.807) is 21.3 Å². The van der Waals surface area contributed by atoms with Crippen LogP contribution in [0.4, 0.5) is 5.69 Å². The van der Waals surface area contributed by atoms with Crippen LogP contribution in [-0.4, -0.2) is 52.9 Å². The van der Waals surface area contributed by atoms with Gasteiger partial charge in [-0.3, -0.25) is 4.79 Å². The van der Waals surface area contributed by atoms with Crippen molar-refractivity contribution in [2.24, 2.45) is 0 Å². The third kappa shape index (κ3) is 4.68. The largest absolute Gasteiger partial charge is 0.497 e. The SMILES string of the molecule is CNCC(=O)NC1CCN(c2cc(OC)cc(OC)c2)C1.Cl. The Bertz CT molecular complexity index is 477. The molecule has 0 bridgehead atoms. The molecule has 0 aromatic heterocycles. The molecule has 0 radical (unpaired) electrons. The maximum Gasteiger partial charge on any atom is 0.234 e. The Morgan fingerprint density at radius 2 is 1.91 bits per heavy atom. The molecule has 1 atom stereocenters. The molecule has 22 heavy (non-hydrogen) atoms. The monoisotopic (exact) mass is 329 g/mol. The summed E-state index contributed by atoms with van der Waals surface area (Å²) in [7, 11) is 5.05. The zero-order valence-electron chi connectivity index (χ0n) is 13.2. The molecule has 1 aliphatic heterocycles. The van der Waals surface area contributed by atoms with Gasteiger partial charge in [0.05, 0.1) is 20.8 Å². The van der Waals surface area contributed by atoms with Crippen molar-refractivity contribution in [3.05, 3.63) is 18.2 Å². The average molecular weight is 330 g/mol. The number of halogens is 1. The molecule has 124 valence electrons. The number of nitrogens with zero attached hydrogens (tertiary/aromatic N) is 1. The van der Waals surface area contributed by atoms with Gasteiger partial charge in [-0.05, 0) is 13.5 Å². The quantitative estimate of drug-likeness (QED) is 0.816. The molecule has 1 heterocycles. The van der Waals surface area contributed by atoms with E-state index in [9.17, 15) is 4.79 Å². The van der Waals surface area contributed by atoms with Crippen LogP contribution >= 0.6 is 12.4 Å². The van der Waals surface area contributed by atoms with E-state index < -0.39 is 0 Å². The van der Waals surface area contributed by atoms with Crippen molar-refractivity contribution in [2.45, 2.75) is 12.5 Å². The van der Waals surface area contributed by atoms with E-state index in [1.165, 1.54) is 0 Å². The maximum absolute atomic E-state index is 11.6. The van der Waals surface area contributed by atoms with E-state index in [1.807, 2.05) is 18.2 Å². The summed E-state index contributed by atoms with van der Waals surface area (Å²) in [6, 6.07) is 6.01. The van der Waals surface area contributed by atoms with Crippen LogP contribution in [0.1, 0.15) is 6.42 Å². The zero-order valence-corrected chi connectivity index (χ0v) is 14.0. The van der Waals surface area contributed by atoms with Gasteiger partial charge in [0.15, 0.2) is 0 Å². The van der Waals surface area contributed by atoms with Crippen LogP contribution in [0.3, 0.4) is 0 Å². The second-order valence-electron chi connectivity index (χ2n) is 5.10. The Morgan fingerprint density at radius 3 is 2.45 bits per heavy atom. The molecule has 1 unspecified atom stereocenters. The molecule has 6 nitrogen and oxygen atoms in total. The second-order valence-corrected chi connectivity index (χ2v) is 5.10. The minimum atomic E-state index is 0. The number of hydrogen-bond acceptors (Lipinski definition) is 5. The first-order valence-electron chi connectivity index (χ1n) is 7.08. The van der Waals surface area contributed by atoms with E-state index >= 15 is 0 Å². The molecule has 1 fully saturated rings. The fourth-order valence-corrected chi connectivity index (χ4v) is 2.53. The summed E-state index contributed by atoms with van der Waals surface area (Å²) in [6.07, 6.45) is 0.939. The highest BCUT2D eigenvalue weighted by atomic mass is 35.5. The van der Waals surface area contributed by atoms with Gasteiger partial charge in [-0.25, -0.2) is 0 Å². The molecule has 0 aliphatic carbocycles.